The van der Waals surface area contributed by atoms with Gasteiger partial charge in [0.05, 0.1) is 12.9 Å². The van der Waals surface area contributed by atoms with E-state index in [0.29, 0.717) is 0 Å². The van der Waals surface area contributed by atoms with E-state index in [4.69, 9.17) is 4.74 Å². The summed E-state index contributed by atoms with van der Waals surface area (Å²) in [7, 11) is 1.83. The molecule has 0 radical (unpaired) electrons. The highest BCUT2D eigenvalue weighted by Gasteiger charge is 2.50. The predicted molar refractivity (Wildman–Crippen MR) is 47.5 cm³/mol. The van der Waals surface area contributed by atoms with Crippen LogP contribution in [0.2, 0.25) is 0 Å². The lowest BCUT2D eigenvalue weighted by Gasteiger charge is -2.23. The van der Waals surface area contributed by atoms with E-state index in [0.717, 1.165) is 23.7 Å². The predicted octanol–water partition coefficient (Wildman–Crippen LogP) is 2.58. The van der Waals surface area contributed by atoms with Crippen molar-refractivity contribution in [2.75, 3.05) is 7.11 Å². The van der Waals surface area contributed by atoms with Crippen LogP contribution in [0.3, 0.4) is 0 Å². The van der Waals surface area contributed by atoms with Gasteiger partial charge in [0.1, 0.15) is 0 Å². The molecular formula is C11H16O. The van der Waals surface area contributed by atoms with Crippen LogP contribution in [0.4, 0.5) is 0 Å². The SMILES string of the molecule is COC1=CC2CC1C1CCCC21. The molecule has 3 aliphatic rings. The summed E-state index contributed by atoms with van der Waals surface area (Å²) >= 11 is 0. The fourth-order valence-corrected chi connectivity index (χ4v) is 3.76. The Morgan fingerprint density at radius 2 is 2.17 bits per heavy atom. The zero-order valence-electron chi connectivity index (χ0n) is 7.62. The summed E-state index contributed by atoms with van der Waals surface area (Å²) < 4.78 is 5.41. The third-order valence-electron chi connectivity index (χ3n) is 4.20. The van der Waals surface area contributed by atoms with Gasteiger partial charge in [0.2, 0.25) is 0 Å². The van der Waals surface area contributed by atoms with Crippen LogP contribution in [-0.2, 0) is 4.74 Å². The molecule has 0 spiro atoms. The average Bonchev–Trinajstić information content (AvgIpc) is 2.75. The van der Waals surface area contributed by atoms with Crippen molar-refractivity contribution in [3.63, 3.8) is 0 Å². The smallest absolute Gasteiger partial charge is 0.0952 e. The molecule has 0 aromatic rings. The Morgan fingerprint density at radius 3 is 3.00 bits per heavy atom. The van der Waals surface area contributed by atoms with Crippen molar-refractivity contribution in [1.82, 2.24) is 0 Å². The molecule has 0 N–H and O–H groups in total. The maximum absolute atomic E-state index is 5.41. The molecule has 0 amide bonds. The summed E-state index contributed by atoms with van der Waals surface area (Å²) in [6.45, 7) is 0. The van der Waals surface area contributed by atoms with Crippen LogP contribution in [0.1, 0.15) is 25.7 Å². The number of allylic oxidation sites excluding steroid dienone is 2. The first-order valence-corrected chi connectivity index (χ1v) is 5.16. The summed E-state index contributed by atoms with van der Waals surface area (Å²) in [6, 6.07) is 0. The van der Waals surface area contributed by atoms with E-state index >= 15 is 0 Å². The van der Waals surface area contributed by atoms with Crippen molar-refractivity contribution in [2.24, 2.45) is 23.7 Å². The first kappa shape index (κ1) is 6.99. The van der Waals surface area contributed by atoms with Gasteiger partial charge >= 0.3 is 0 Å². The lowest BCUT2D eigenvalue weighted by molar-refractivity contribution is 0.206. The summed E-state index contributed by atoms with van der Waals surface area (Å²) in [5.41, 5.74) is 0. The molecule has 0 heterocycles. The van der Waals surface area contributed by atoms with Crippen LogP contribution in [0.15, 0.2) is 11.8 Å². The summed E-state index contributed by atoms with van der Waals surface area (Å²) in [4.78, 5) is 0. The molecule has 4 atom stereocenters. The van der Waals surface area contributed by atoms with Gasteiger partial charge in [0, 0.05) is 5.92 Å². The Labute approximate surface area is 73.8 Å². The molecule has 1 nitrogen and oxygen atoms in total. The minimum absolute atomic E-state index is 0.812. The molecular weight excluding hydrogens is 148 g/mol. The van der Waals surface area contributed by atoms with Crippen molar-refractivity contribution < 1.29 is 4.74 Å². The number of rotatable bonds is 1. The Morgan fingerprint density at radius 1 is 1.33 bits per heavy atom. The molecule has 66 valence electrons. The second-order valence-electron chi connectivity index (χ2n) is 4.54. The van der Waals surface area contributed by atoms with Gasteiger partial charge in [0.15, 0.2) is 0 Å². The van der Waals surface area contributed by atoms with Crippen molar-refractivity contribution in [2.45, 2.75) is 25.7 Å². The summed E-state index contributed by atoms with van der Waals surface area (Å²) in [5.74, 6) is 5.04. The number of ether oxygens (including phenoxy) is 1. The van der Waals surface area contributed by atoms with Crippen LogP contribution in [0.5, 0.6) is 0 Å². The van der Waals surface area contributed by atoms with Gasteiger partial charge < -0.3 is 4.74 Å². The lowest BCUT2D eigenvalue weighted by Crippen LogP contribution is -2.17. The Balaban J connectivity index is 1.92. The minimum atomic E-state index is 0.812. The topological polar surface area (TPSA) is 9.23 Å². The van der Waals surface area contributed by atoms with Crippen molar-refractivity contribution in [3.05, 3.63) is 11.8 Å². The number of hydrogen-bond donors (Lipinski definition) is 0. The van der Waals surface area contributed by atoms with Crippen molar-refractivity contribution >= 4 is 0 Å². The molecule has 3 rings (SSSR count). The Bertz CT molecular complexity index is 231. The molecule has 1 heteroatoms. The van der Waals surface area contributed by atoms with E-state index in [-0.39, 0.29) is 0 Å². The van der Waals surface area contributed by atoms with E-state index in [1.165, 1.54) is 31.4 Å². The summed E-state index contributed by atoms with van der Waals surface area (Å²) in [5, 5.41) is 0. The molecule has 2 fully saturated rings. The van der Waals surface area contributed by atoms with Crippen LogP contribution in [-0.4, -0.2) is 7.11 Å². The van der Waals surface area contributed by atoms with Crippen LogP contribution >= 0.6 is 0 Å². The first-order valence-electron chi connectivity index (χ1n) is 5.16. The quantitative estimate of drug-likeness (QED) is 0.578. The highest BCUT2D eigenvalue weighted by Crippen LogP contribution is 2.57. The van der Waals surface area contributed by atoms with E-state index in [1.807, 2.05) is 7.11 Å². The van der Waals surface area contributed by atoms with Crippen LogP contribution in [0, 0.1) is 23.7 Å². The van der Waals surface area contributed by atoms with Gasteiger partial charge in [-0.05, 0) is 43.1 Å². The Hall–Kier alpha value is -0.460. The molecule has 3 aliphatic carbocycles. The highest BCUT2D eigenvalue weighted by molar-refractivity contribution is 5.20. The zero-order valence-corrected chi connectivity index (χ0v) is 7.62. The highest BCUT2D eigenvalue weighted by atomic mass is 16.5. The van der Waals surface area contributed by atoms with E-state index in [2.05, 4.69) is 6.08 Å². The standard InChI is InChI=1S/C11H16O/c1-12-11-6-7-5-10(11)9-4-2-3-8(7)9/h6-10H,2-5H2,1H3. The molecule has 2 bridgehead atoms. The molecule has 12 heavy (non-hydrogen) atoms. The molecule has 0 aromatic carbocycles. The van der Waals surface area contributed by atoms with Gasteiger partial charge in [0.25, 0.3) is 0 Å². The summed E-state index contributed by atoms with van der Waals surface area (Å²) in [6.07, 6.45) is 8.22. The molecule has 0 aliphatic heterocycles. The lowest BCUT2D eigenvalue weighted by atomic mass is 9.85. The molecule has 2 saturated carbocycles. The van der Waals surface area contributed by atoms with Gasteiger partial charge in [-0.1, -0.05) is 6.42 Å². The number of fused-ring (bicyclic) bond motifs is 5. The monoisotopic (exact) mass is 164 g/mol. The zero-order chi connectivity index (χ0) is 8.13. The maximum Gasteiger partial charge on any atom is 0.0952 e. The van der Waals surface area contributed by atoms with Crippen molar-refractivity contribution in [3.8, 4) is 0 Å². The van der Waals surface area contributed by atoms with Gasteiger partial charge in [-0.2, -0.15) is 0 Å². The second-order valence-corrected chi connectivity index (χ2v) is 4.54. The second kappa shape index (κ2) is 2.27. The third kappa shape index (κ3) is 0.699. The van der Waals surface area contributed by atoms with E-state index in [1.54, 1.807) is 0 Å². The first-order chi connectivity index (χ1) is 5.90. The molecule has 0 saturated heterocycles. The van der Waals surface area contributed by atoms with E-state index < -0.39 is 0 Å². The van der Waals surface area contributed by atoms with Crippen LogP contribution in [0.25, 0.3) is 0 Å². The fourth-order valence-electron chi connectivity index (χ4n) is 3.76. The number of methoxy groups -OCH3 is 1. The number of hydrogen-bond acceptors (Lipinski definition) is 1. The average molecular weight is 164 g/mol. The normalized spacial score (nSPS) is 49.2. The van der Waals surface area contributed by atoms with E-state index in [9.17, 15) is 0 Å². The van der Waals surface area contributed by atoms with Gasteiger partial charge in [-0.3, -0.25) is 0 Å². The molecule has 0 aromatic heterocycles. The Kier molecular flexibility index (Phi) is 1.32. The maximum atomic E-state index is 5.41. The van der Waals surface area contributed by atoms with Crippen LogP contribution < -0.4 is 0 Å². The van der Waals surface area contributed by atoms with Gasteiger partial charge in [-0.25, -0.2) is 0 Å². The van der Waals surface area contributed by atoms with Gasteiger partial charge in [-0.15, -0.1) is 0 Å². The fraction of sp³-hybridized carbons (Fsp3) is 0.818. The minimum Gasteiger partial charge on any atom is -0.501 e. The molecule has 4 unspecified atom stereocenters. The van der Waals surface area contributed by atoms with Crippen molar-refractivity contribution in [1.29, 1.82) is 0 Å². The third-order valence-corrected chi connectivity index (χ3v) is 4.20. The largest absolute Gasteiger partial charge is 0.501 e.